The summed E-state index contributed by atoms with van der Waals surface area (Å²) in [5, 5.41) is 5.42. The summed E-state index contributed by atoms with van der Waals surface area (Å²) in [5.41, 5.74) is 1.47. The quantitative estimate of drug-likeness (QED) is 0.818. The molecule has 0 bridgehead atoms. The van der Waals surface area contributed by atoms with E-state index in [9.17, 15) is 4.79 Å². The topological polar surface area (TPSA) is 63.7 Å². The molecule has 3 rings (SSSR count). The number of amides is 1. The van der Waals surface area contributed by atoms with E-state index in [1.807, 2.05) is 5.38 Å². The van der Waals surface area contributed by atoms with Crippen LogP contribution >= 0.6 is 27.3 Å². The van der Waals surface area contributed by atoms with Crippen molar-refractivity contribution < 1.29 is 14.3 Å². The highest BCUT2D eigenvalue weighted by Crippen LogP contribution is 2.24. The van der Waals surface area contributed by atoms with E-state index in [0.717, 1.165) is 38.5 Å². The third kappa shape index (κ3) is 4.32. The van der Waals surface area contributed by atoms with Crippen molar-refractivity contribution in [2.75, 3.05) is 38.7 Å². The molecular weight excluding hydrogens is 394 g/mol. The Morgan fingerprint density at radius 1 is 1.46 bits per heavy atom. The van der Waals surface area contributed by atoms with E-state index in [1.54, 1.807) is 25.3 Å². The smallest absolute Gasteiger partial charge is 0.258 e. The van der Waals surface area contributed by atoms with Crippen LogP contribution in [0.15, 0.2) is 28.1 Å². The first-order chi connectivity index (χ1) is 11.7. The molecule has 1 saturated heterocycles. The van der Waals surface area contributed by atoms with Gasteiger partial charge < -0.3 is 9.47 Å². The Labute approximate surface area is 152 Å². The fourth-order valence-corrected chi connectivity index (χ4v) is 3.52. The van der Waals surface area contributed by atoms with Gasteiger partial charge in [0.05, 0.1) is 31.6 Å². The van der Waals surface area contributed by atoms with E-state index in [1.165, 1.54) is 11.3 Å². The first-order valence-corrected chi connectivity index (χ1v) is 9.22. The minimum absolute atomic E-state index is 0.215. The number of thiazole rings is 1. The highest BCUT2D eigenvalue weighted by molar-refractivity contribution is 9.10. The summed E-state index contributed by atoms with van der Waals surface area (Å²) < 4.78 is 11.2. The maximum absolute atomic E-state index is 12.4. The van der Waals surface area contributed by atoms with Crippen LogP contribution in [-0.4, -0.2) is 49.2 Å². The molecule has 2 aromatic rings. The lowest BCUT2D eigenvalue weighted by Crippen LogP contribution is -2.35. The van der Waals surface area contributed by atoms with Gasteiger partial charge in [-0.05, 0) is 34.1 Å². The van der Waals surface area contributed by atoms with Gasteiger partial charge >= 0.3 is 0 Å². The Morgan fingerprint density at radius 2 is 2.25 bits per heavy atom. The summed E-state index contributed by atoms with van der Waals surface area (Å²) in [5.74, 6) is 0.420. The van der Waals surface area contributed by atoms with E-state index in [2.05, 4.69) is 31.1 Å². The third-order valence-corrected chi connectivity index (χ3v) is 5.18. The monoisotopic (exact) mass is 411 g/mol. The molecule has 1 aromatic heterocycles. The maximum atomic E-state index is 12.4. The van der Waals surface area contributed by atoms with Gasteiger partial charge in [-0.1, -0.05) is 0 Å². The zero-order chi connectivity index (χ0) is 16.9. The summed E-state index contributed by atoms with van der Waals surface area (Å²) in [6, 6.07) is 5.28. The lowest BCUT2D eigenvalue weighted by molar-refractivity contribution is 0.0337. The first-order valence-electron chi connectivity index (χ1n) is 7.55. The number of rotatable bonds is 5. The Kier molecular flexibility index (Phi) is 5.83. The van der Waals surface area contributed by atoms with Crippen LogP contribution in [-0.2, 0) is 11.3 Å². The average molecular weight is 412 g/mol. The van der Waals surface area contributed by atoms with Crippen molar-refractivity contribution in [2.45, 2.75) is 6.54 Å². The van der Waals surface area contributed by atoms with Gasteiger partial charge in [-0.25, -0.2) is 4.98 Å². The van der Waals surface area contributed by atoms with Crippen LogP contribution in [0.2, 0.25) is 0 Å². The number of morpholine rings is 1. The van der Waals surface area contributed by atoms with Crippen LogP contribution in [0.5, 0.6) is 5.75 Å². The second kappa shape index (κ2) is 8.06. The normalized spacial score (nSPS) is 15.2. The van der Waals surface area contributed by atoms with Gasteiger partial charge in [-0.3, -0.25) is 15.0 Å². The molecular formula is C16H18BrN3O3S. The lowest BCUT2D eigenvalue weighted by atomic mass is 10.2. The highest BCUT2D eigenvalue weighted by atomic mass is 79.9. The molecule has 1 aromatic carbocycles. The average Bonchev–Trinajstić information content (AvgIpc) is 3.03. The van der Waals surface area contributed by atoms with Crippen molar-refractivity contribution in [1.29, 1.82) is 0 Å². The molecule has 6 nitrogen and oxygen atoms in total. The van der Waals surface area contributed by atoms with E-state index in [4.69, 9.17) is 9.47 Å². The molecule has 24 heavy (non-hydrogen) atoms. The van der Waals surface area contributed by atoms with Crippen molar-refractivity contribution in [3.63, 3.8) is 0 Å². The van der Waals surface area contributed by atoms with E-state index in [0.29, 0.717) is 20.9 Å². The summed E-state index contributed by atoms with van der Waals surface area (Å²) in [7, 11) is 1.57. The molecule has 0 spiro atoms. The van der Waals surface area contributed by atoms with Crippen LogP contribution in [0.1, 0.15) is 16.1 Å². The molecule has 0 atom stereocenters. The van der Waals surface area contributed by atoms with E-state index in [-0.39, 0.29) is 5.91 Å². The molecule has 1 aliphatic heterocycles. The molecule has 0 unspecified atom stereocenters. The van der Waals surface area contributed by atoms with Crippen molar-refractivity contribution in [2.24, 2.45) is 0 Å². The van der Waals surface area contributed by atoms with Crippen LogP contribution in [0.3, 0.4) is 0 Å². The van der Waals surface area contributed by atoms with E-state index >= 15 is 0 Å². The first kappa shape index (κ1) is 17.3. The van der Waals surface area contributed by atoms with Crippen molar-refractivity contribution in [3.05, 3.63) is 39.3 Å². The minimum Gasteiger partial charge on any atom is -0.497 e. The fourth-order valence-electron chi connectivity index (χ4n) is 2.40. The number of benzene rings is 1. The van der Waals surface area contributed by atoms with Crippen LogP contribution in [0, 0.1) is 0 Å². The number of carbonyl (C=O) groups is 1. The molecule has 1 N–H and O–H groups in total. The number of methoxy groups -OCH3 is 1. The van der Waals surface area contributed by atoms with Crippen LogP contribution < -0.4 is 10.1 Å². The Balaban J connectivity index is 1.64. The maximum Gasteiger partial charge on any atom is 0.258 e. The molecule has 1 aliphatic rings. The number of nitrogens with one attached hydrogen (secondary N) is 1. The van der Waals surface area contributed by atoms with Gasteiger partial charge in [-0.2, -0.15) is 0 Å². The van der Waals surface area contributed by atoms with Crippen LogP contribution in [0.25, 0.3) is 0 Å². The van der Waals surface area contributed by atoms with E-state index < -0.39 is 0 Å². The predicted octanol–water partition coefficient (Wildman–Crippen LogP) is 3.00. The van der Waals surface area contributed by atoms with Gasteiger partial charge in [0.2, 0.25) is 0 Å². The summed E-state index contributed by atoms with van der Waals surface area (Å²) in [6.07, 6.45) is 0. The van der Waals surface area contributed by atoms with Crippen molar-refractivity contribution in [3.8, 4) is 5.75 Å². The molecule has 1 fully saturated rings. The number of hydrogen-bond acceptors (Lipinski definition) is 6. The van der Waals surface area contributed by atoms with Crippen molar-refractivity contribution >= 4 is 38.3 Å². The number of nitrogens with zero attached hydrogens (tertiary/aromatic N) is 2. The Hall–Kier alpha value is -1.48. The van der Waals surface area contributed by atoms with Gasteiger partial charge in [0, 0.05) is 29.5 Å². The SMILES string of the molecule is COc1ccc(Br)c(C(=O)Nc2nc(CN3CCOCC3)cs2)c1. The summed E-state index contributed by atoms with van der Waals surface area (Å²) >= 11 is 4.82. The molecule has 8 heteroatoms. The third-order valence-electron chi connectivity index (χ3n) is 3.68. The van der Waals surface area contributed by atoms with Crippen molar-refractivity contribution in [1.82, 2.24) is 9.88 Å². The molecule has 0 saturated carbocycles. The molecule has 128 valence electrons. The Bertz CT molecular complexity index is 716. The number of anilines is 1. The summed E-state index contributed by atoms with van der Waals surface area (Å²) in [4.78, 5) is 19.2. The predicted molar refractivity (Wildman–Crippen MR) is 96.9 cm³/mol. The number of carbonyl (C=O) groups excluding carboxylic acids is 1. The number of hydrogen-bond donors (Lipinski definition) is 1. The Morgan fingerprint density at radius 3 is 3.00 bits per heavy atom. The highest BCUT2D eigenvalue weighted by Gasteiger charge is 2.15. The lowest BCUT2D eigenvalue weighted by Gasteiger charge is -2.25. The minimum atomic E-state index is -0.215. The molecule has 0 radical (unpaired) electrons. The van der Waals surface area contributed by atoms with Gasteiger partial charge in [0.1, 0.15) is 5.75 Å². The molecule has 2 heterocycles. The van der Waals surface area contributed by atoms with Gasteiger partial charge in [0.25, 0.3) is 5.91 Å². The van der Waals surface area contributed by atoms with Crippen LogP contribution in [0.4, 0.5) is 5.13 Å². The zero-order valence-electron chi connectivity index (χ0n) is 13.3. The largest absolute Gasteiger partial charge is 0.497 e. The fraction of sp³-hybridized carbons (Fsp3) is 0.375. The number of halogens is 1. The molecule has 0 aliphatic carbocycles. The van der Waals surface area contributed by atoms with Gasteiger partial charge in [0.15, 0.2) is 5.13 Å². The number of aromatic nitrogens is 1. The summed E-state index contributed by atoms with van der Waals surface area (Å²) in [6.45, 7) is 4.12. The standard InChI is InChI=1S/C16H18BrN3O3S/c1-22-12-2-3-14(17)13(8-12)15(21)19-16-18-11(10-24-16)9-20-4-6-23-7-5-20/h2-3,8,10H,4-7,9H2,1H3,(H,18,19,21). The second-order valence-electron chi connectivity index (χ2n) is 5.33. The van der Waals surface area contributed by atoms with Gasteiger partial charge in [-0.15, -0.1) is 11.3 Å². The molecule has 1 amide bonds. The zero-order valence-corrected chi connectivity index (χ0v) is 15.7. The second-order valence-corrected chi connectivity index (χ2v) is 7.04. The number of ether oxygens (including phenoxy) is 2.